The molecule has 0 amide bonds. The van der Waals surface area contributed by atoms with E-state index in [1.807, 2.05) is 12.2 Å². The first kappa shape index (κ1) is 29.2. The average molecular weight is 457 g/mol. The summed E-state index contributed by atoms with van der Waals surface area (Å²) in [4.78, 5) is 28.6. The Bertz CT molecular complexity index is 644. The summed E-state index contributed by atoms with van der Waals surface area (Å²) in [7, 11) is -4.64. The number of carbonyl (C=O) groups excluding carboxylic acids is 1. The molecule has 31 heavy (non-hydrogen) atoms. The lowest BCUT2D eigenvalue weighted by atomic mass is 10.2. The molecule has 0 bridgehead atoms. The molecule has 0 heterocycles. The van der Waals surface area contributed by atoms with Crippen LogP contribution in [0.1, 0.15) is 58.3 Å². The van der Waals surface area contributed by atoms with E-state index < -0.39 is 26.5 Å². The van der Waals surface area contributed by atoms with E-state index in [1.54, 1.807) is 0 Å². The van der Waals surface area contributed by atoms with Crippen LogP contribution in [0.5, 0.6) is 0 Å². The third-order valence-electron chi connectivity index (χ3n) is 3.78. The predicted octanol–water partition coefficient (Wildman–Crippen LogP) is 4.92. The molecule has 0 aromatic heterocycles. The first-order valence-corrected chi connectivity index (χ1v) is 12.2. The van der Waals surface area contributed by atoms with E-state index in [9.17, 15) is 14.5 Å². The van der Waals surface area contributed by atoms with Crippen molar-refractivity contribution in [3.63, 3.8) is 0 Å². The third-order valence-corrected chi connectivity index (χ3v) is 4.27. The van der Waals surface area contributed by atoms with Gasteiger partial charge in [-0.05, 0) is 44.9 Å². The van der Waals surface area contributed by atoms with Gasteiger partial charge in [-0.2, -0.15) is 0 Å². The summed E-state index contributed by atoms with van der Waals surface area (Å²) in [5.41, 5.74) is 0. The number of aliphatic hydroxyl groups excluding tert-OH is 1. The Balaban J connectivity index is 3.63. The molecule has 176 valence electrons. The van der Waals surface area contributed by atoms with E-state index in [1.165, 1.54) is 0 Å². The quantitative estimate of drug-likeness (QED) is 0.116. The molecular weight excluding hydrogens is 419 g/mol. The molecule has 7 nitrogen and oxygen atoms in total. The molecule has 0 aliphatic carbocycles. The van der Waals surface area contributed by atoms with Gasteiger partial charge in [-0.3, -0.25) is 9.32 Å². The number of phosphoric acid groups is 1. The Kier molecular flexibility index (Phi) is 19.0. The SMILES string of the molecule is CC/C=C\C/C=C\C/C=C\C/C=C\C/C=C\CCCC(=O)OCC(O)COP(=O)(O)O. The summed E-state index contributed by atoms with van der Waals surface area (Å²) in [6, 6.07) is 0. The second-order valence-corrected chi connectivity index (χ2v) is 7.96. The van der Waals surface area contributed by atoms with Gasteiger partial charge in [-0.15, -0.1) is 0 Å². The Morgan fingerprint density at radius 2 is 1.32 bits per heavy atom. The molecule has 0 aliphatic rings. The number of ether oxygens (including phenoxy) is 1. The standard InChI is InChI=1S/C23H37O7P/c1-2-3-4-5-6-7-8-9-10-11-12-13-14-15-16-17-18-19-23(25)29-20-22(24)21-30-31(26,27)28/h3-4,6-7,9-10,12-13,15-16,22,24H,2,5,8,11,14,17-21H2,1H3,(H2,26,27,28)/b4-3-,7-6-,10-9-,13-12-,16-15-. The largest absolute Gasteiger partial charge is 0.469 e. The van der Waals surface area contributed by atoms with Crippen molar-refractivity contribution in [3.05, 3.63) is 60.8 Å². The average Bonchev–Trinajstić information content (AvgIpc) is 2.72. The molecule has 0 saturated heterocycles. The molecular formula is C23H37O7P. The summed E-state index contributed by atoms with van der Waals surface area (Å²) in [5.74, 6) is -0.470. The molecule has 1 unspecified atom stereocenters. The van der Waals surface area contributed by atoms with Crippen molar-refractivity contribution in [3.8, 4) is 0 Å². The van der Waals surface area contributed by atoms with E-state index in [0.29, 0.717) is 6.42 Å². The lowest BCUT2D eigenvalue weighted by molar-refractivity contribution is -0.147. The van der Waals surface area contributed by atoms with Crippen molar-refractivity contribution in [1.82, 2.24) is 0 Å². The number of phosphoric ester groups is 1. The summed E-state index contributed by atoms with van der Waals surface area (Å²) in [5, 5.41) is 9.41. The van der Waals surface area contributed by atoms with E-state index in [-0.39, 0.29) is 13.0 Å². The highest BCUT2D eigenvalue weighted by Gasteiger charge is 2.17. The van der Waals surface area contributed by atoms with E-state index in [0.717, 1.165) is 38.5 Å². The fourth-order valence-corrected chi connectivity index (χ4v) is 2.59. The fourth-order valence-electron chi connectivity index (χ4n) is 2.23. The van der Waals surface area contributed by atoms with Gasteiger partial charge in [0.25, 0.3) is 0 Å². The van der Waals surface area contributed by atoms with Gasteiger partial charge in [0.15, 0.2) is 0 Å². The number of rotatable bonds is 18. The molecule has 3 N–H and O–H groups in total. The highest BCUT2D eigenvalue weighted by Crippen LogP contribution is 2.35. The molecule has 0 fully saturated rings. The molecule has 0 rings (SSSR count). The van der Waals surface area contributed by atoms with Crippen LogP contribution in [0.2, 0.25) is 0 Å². The molecule has 0 radical (unpaired) electrons. The van der Waals surface area contributed by atoms with Crippen LogP contribution in [0.15, 0.2) is 60.8 Å². The molecule has 0 aromatic carbocycles. The molecule has 1 atom stereocenters. The van der Waals surface area contributed by atoms with Crippen LogP contribution in [-0.2, 0) is 18.6 Å². The number of carbonyl (C=O) groups is 1. The molecule has 0 spiro atoms. The Hall–Kier alpha value is -1.76. The molecule has 8 heteroatoms. The molecule has 0 aromatic rings. The number of hydrogen-bond acceptors (Lipinski definition) is 5. The van der Waals surface area contributed by atoms with Gasteiger partial charge in [-0.25, -0.2) is 4.57 Å². The van der Waals surface area contributed by atoms with Crippen molar-refractivity contribution in [2.45, 2.75) is 64.4 Å². The second kappa shape index (κ2) is 20.2. The van der Waals surface area contributed by atoms with Gasteiger partial charge in [0, 0.05) is 6.42 Å². The Morgan fingerprint density at radius 3 is 1.81 bits per heavy atom. The maximum absolute atomic E-state index is 11.5. The van der Waals surface area contributed by atoms with Crippen LogP contribution in [0.3, 0.4) is 0 Å². The van der Waals surface area contributed by atoms with Crippen LogP contribution < -0.4 is 0 Å². The number of unbranched alkanes of at least 4 members (excludes halogenated alkanes) is 1. The lowest BCUT2D eigenvalue weighted by Crippen LogP contribution is -2.23. The normalized spacial score (nSPS) is 14.1. The van der Waals surface area contributed by atoms with Crippen molar-refractivity contribution in [1.29, 1.82) is 0 Å². The summed E-state index contributed by atoms with van der Waals surface area (Å²) >= 11 is 0. The molecule has 0 saturated carbocycles. The topological polar surface area (TPSA) is 113 Å². The first-order chi connectivity index (χ1) is 14.8. The highest BCUT2D eigenvalue weighted by atomic mass is 31.2. The van der Waals surface area contributed by atoms with E-state index >= 15 is 0 Å². The van der Waals surface area contributed by atoms with Gasteiger partial charge in [0.2, 0.25) is 0 Å². The van der Waals surface area contributed by atoms with E-state index in [4.69, 9.17) is 14.5 Å². The van der Waals surface area contributed by atoms with Crippen molar-refractivity contribution in [2.24, 2.45) is 0 Å². The van der Waals surface area contributed by atoms with Crippen LogP contribution in [0.25, 0.3) is 0 Å². The monoisotopic (exact) mass is 456 g/mol. The second-order valence-electron chi connectivity index (χ2n) is 6.72. The van der Waals surface area contributed by atoms with Gasteiger partial charge < -0.3 is 19.6 Å². The lowest BCUT2D eigenvalue weighted by Gasteiger charge is -2.12. The van der Waals surface area contributed by atoms with Crippen LogP contribution >= 0.6 is 7.82 Å². The Labute approximate surface area is 186 Å². The van der Waals surface area contributed by atoms with Crippen molar-refractivity contribution >= 4 is 13.8 Å². The van der Waals surface area contributed by atoms with Crippen LogP contribution in [-0.4, -0.2) is 40.2 Å². The minimum absolute atomic E-state index is 0.209. The number of allylic oxidation sites excluding steroid dienone is 10. The zero-order valence-corrected chi connectivity index (χ0v) is 19.2. The fraction of sp³-hybridized carbons (Fsp3) is 0.522. The van der Waals surface area contributed by atoms with Gasteiger partial charge in [-0.1, -0.05) is 67.7 Å². The minimum atomic E-state index is -4.64. The molecule has 0 aliphatic heterocycles. The number of esters is 1. The summed E-state index contributed by atoms with van der Waals surface area (Å²) < 4.78 is 19.4. The zero-order valence-electron chi connectivity index (χ0n) is 18.3. The predicted molar refractivity (Wildman–Crippen MR) is 123 cm³/mol. The van der Waals surface area contributed by atoms with Crippen molar-refractivity contribution < 1.29 is 33.5 Å². The van der Waals surface area contributed by atoms with Crippen molar-refractivity contribution in [2.75, 3.05) is 13.2 Å². The van der Waals surface area contributed by atoms with Crippen LogP contribution in [0.4, 0.5) is 0 Å². The first-order valence-electron chi connectivity index (χ1n) is 10.6. The minimum Gasteiger partial charge on any atom is -0.463 e. The summed E-state index contributed by atoms with van der Waals surface area (Å²) in [6.07, 6.45) is 26.3. The summed E-state index contributed by atoms with van der Waals surface area (Å²) in [6.45, 7) is 1.17. The van der Waals surface area contributed by atoms with Crippen LogP contribution in [0, 0.1) is 0 Å². The van der Waals surface area contributed by atoms with Gasteiger partial charge >= 0.3 is 13.8 Å². The number of hydrogen-bond donors (Lipinski definition) is 3. The smallest absolute Gasteiger partial charge is 0.463 e. The van der Waals surface area contributed by atoms with Gasteiger partial charge in [0.1, 0.15) is 12.7 Å². The number of aliphatic hydroxyl groups is 1. The third kappa shape index (κ3) is 24.4. The highest BCUT2D eigenvalue weighted by molar-refractivity contribution is 7.46. The zero-order chi connectivity index (χ0) is 23.2. The van der Waals surface area contributed by atoms with Gasteiger partial charge in [0.05, 0.1) is 6.61 Å². The maximum Gasteiger partial charge on any atom is 0.469 e. The Morgan fingerprint density at radius 1 is 0.839 bits per heavy atom. The van der Waals surface area contributed by atoms with E-state index in [2.05, 4.69) is 60.1 Å². The maximum atomic E-state index is 11.5.